The molecule has 1 N–H and O–H groups in total. The van der Waals surface area contributed by atoms with Crippen molar-refractivity contribution in [2.45, 2.75) is 12.5 Å². The third-order valence-corrected chi connectivity index (χ3v) is 4.37. The van der Waals surface area contributed by atoms with Crippen molar-refractivity contribution >= 4 is 29.3 Å². The Morgan fingerprint density at radius 2 is 1.62 bits per heavy atom. The molecule has 1 atom stereocenters. The van der Waals surface area contributed by atoms with Crippen molar-refractivity contribution in [1.29, 1.82) is 0 Å². The number of hydrogen-bond acceptors (Lipinski definition) is 3. The van der Waals surface area contributed by atoms with Gasteiger partial charge >= 0.3 is 0 Å². The number of hydrogen-bond donors (Lipinski definition) is 1. The number of nitrogens with zero attached hydrogens (tertiary/aromatic N) is 1. The Balaban J connectivity index is 2.12. The van der Waals surface area contributed by atoms with Crippen LogP contribution in [-0.2, 0) is 4.79 Å². The van der Waals surface area contributed by atoms with E-state index in [1.807, 2.05) is 54.8 Å². The maximum atomic E-state index is 12.8. The van der Waals surface area contributed by atoms with Crippen molar-refractivity contribution < 1.29 is 9.59 Å². The Bertz CT molecular complexity index is 662. The molecule has 0 saturated heterocycles. The fourth-order valence-corrected chi connectivity index (χ4v) is 2.81. The molecule has 0 aliphatic carbocycles. The highest BCUT2D eigenvalue weighted by atomic mass is 32.2. The van der Waals surface area contributed by atoms with Crippen LogP contribution in [0, 0.1) is 0 Å². The van der Waals surface area contributed by atoms with Gasteiger partial charge in [-0.25, -0.2) is 0 Å². The van der Waals surface area contributed by atoms with Crippen molar-refractivity contribution in [3.05, 3.63) is 66.2 Å². The van der Waals surface area contributed by atoms with Gasteiger partial charge in [-0.1, -0.05) is 36.4 Å². The van der Waals surface area contributed by atoms with E-state index in [4.69, 9.17) is 0 Å². The lowest BCUT2D eigenvalue weighted by molar-refractivity contribution is -0.120. The Kier molecular flexibility index (Phi) is 6.88. The number of likely N-dealkylation sites (N-methyl/N-ethyl adjacent to an activating group) is 1. The minimum absolute atomic E-state index is 0.112. The molecule has 0 saturated carbocycles. The molecule has 0 aromatic heterocycles. The van der Waals surface area contributed by atoms with Crippen molar-refractivity contribution in [3.63, 3.8) is 0 Å². The van der Waals surface area contributed by atoms with Gasteiger partial charge in [0.05, 0.1) is 0 Å². The summed E-state index contributed by atoms with van der Waals surface area (Å²) >= 11 is 1.66. The molecule has 2 amide bonds. The Hall–Kier alpha value is -2.27. The molecule has 5 heteroatoms. The summed E-state index contributed by atoms with van der Waals surface area (Å²) in [6, 6.07) is 17.9. The van der Waals surface area contributed by atoms with Crippen LogP contribution in [-0.4, -0.2) is 36.9 Å². The first-order valence-electron chi connectivity index (χ1n) is 7.81. The molecule has 126 valence electrons. The van der Waals surface area contributed by atoms with Crippen LogP contribution in [0.15, 0.2) is 60.7 Å². The lowest BCUT2D eigenvalue weighted by Crippen LogP contribution is -2.47. The monoisotopic (exact) mass is 342 g/mol. The van der Waals surface area contributed by atoms with E-state index >= 15 is 0 Å². The molecule has 0 spiro atoms. The van der Waals surface area contributed by atoms with Gasteiger partial charge in [0.15, 0.2) is 0 Å². The smallest absolute Gasteiger partial charge is 0.251 e. The van der Waals surface area contributed by atoms with Crippen LogP contribution in [0.25, 0.3) is 0 Å². The first kappa shape index (κ1) is 18.1. The zero-order valence-electron chi connectivity index (χ0n) is 13.9. The molecule has 0 heterocycles. The average molecular weight is 342 g/mol. The molecule has 0 radical (unpaired) electrons. The summed E-state index contributed by atoms with van der Waals surface area (Å²) in [5.74, 6) is 0.463. The molecule has 0 aliphatic rings. The number of carbonyl (C=O) groups is 2. The number of carbonyl (C=O) groups excluding carboxylic acids is 2. The average Bonchev–Trinajstić information content (AvgIpc) is 2.65. The van der Waals surface area contributed by atoms with Crippen LogP contribution >= 0.6 is 11.8 Å². The van der Waals surface area contributed by atoms with Crippen molar-refractivity contribution in [2.75, 3.05) is 24.0 Å². The van der Waals surface area contributed by atoms with Crippen LogP contribution in [0.2, 0.25) is 0 Å². The van der Waals surface area contributed by atoms with Gasteiger partial charge in [-0.15, -0.1) is 0 Å². The van der Waals surface area contributed by atoms with Crippen molar-refractivity contribution in [2.24, 2.45) is 0 Å². The van der Waals surface area contributed by atoms with E-state index in [1.54, 1.807) is 35.8 Å². The van der Waals surface area contributed by atoms with E-state index in [2.05, 4.69) is 5.32 Å². The van der Waals surface area contributed by atoms with Crippen LogP contribution in [0.5, 0.6) is 0 Å². The second-order valence-electron chi connectivity index (χ2n) is 5.41. The quantitative estimate of drug-likeness (QED) is 0.841. The number of thioether (sulfide) groups is 1. The third kappa shape index (κ3) is 4.86. The number of benzene rings is 2. The fraction of sp³-hybridized carbons (Fsp3) is 0.263. The topological polar surface area (TPSA) is 49.4 Å². The summed E-state index contributed by atoms with van der Waals surface area (Å²) in [6.07, 6.45) is 2.58. The SMILES string of the molecule is CSCCC(NC(=O)c1ccccc1)C(=O)N(C)c1ccccc1. The molecule has 2 aromatic rings. The molecular weight excluding hydrogens is 320 g/mol. The summed E-state index contributed by atoms with van der Waals surface area (Å²) in [4.78, 5) is 26.8. The predicted octanol–water partition coefficient (Wildman–Crippen LogP) is 3.20. The molecule has 2 rings (SSSR count). The summed E-state index contributed by atoms with van der Waals surface area (Å²) in [5, 5.41) is 2.88. The minimum atomic E-state index is -0.546. The van der Waals surface area contributed by atoms with E-state index in [-0.39, 0.29) is 11.8 Å². The predicted molar refractivity (Wildman–Crippen MR) is 101 cm³/mol. The standard InChI is InChI=1S/C19H22N2O2S/c1-21(16-11-7-4-8-12-16)19(23)17(13-14-24-2)20-18(22)15-9-5-3-6-10-15/h3-12,17H,13-14H2,1-2H3,(H,20,22). The number of nitrogens with one attached hydrogen (secondary N) is 1. The highest BCUT2D eigenvalue weighted by Crippen LogP contribution is 2.14. The largest absolute Gasteiger partial charge is 0.340 e. The van der Waals surface area contributed by atoms with E-state index < -0.39 is 6.04 Å². The molecule has 0 bridgehead atoms. The van der Waals surface area contributed by atoms with Crippen molar-refractivity contribution in [1.82, 2.24) is 5.32 Å². The molecule has 1 unspecified atom stereocenters. The maximum absolute atomic E-state index is 12.8. The van der Waals surface area contributed by atoms with Gasteiger partial charge in [0.25, 0.3) is 5.91 Å². The van der Waals surface area contributed by atoms with Gasteiger partial charge in [0, 0.05) is 18.3 Å². The second kappa shape index (κ2) is 9.13. The highest BCUT2D eigenvalue weighted by Gasteiger charge is 2.24. The molecule has 0 aliphatic heterocycles. The van der Waals surface area contributed by atoms with E-state index in [1.165, 1.54) is 0 Å². The summed E-state index contributed by atoms with van der Waals surface area (Å²) in [6.45, 7) is 0. The molecular formula is C19H22N2O2S. The first-order chi connectivity index (χ1) is 11.6. The van der Waals surface area contributed by atoms with Crippen molar-refractivity contribution in [3.8, 4) is 0 Å². The number of amides is 2. The summed E-state index contributed by atoms with van der Waals surface area (Å²) < 4.78 is 0. The minimum Gasteiger partial charge on any atom is -0.340 e. The van der Waals surface area contributed by atoms with E-state index in [0.717, 1.165) is 11.4 Å². The van der Waals surface area contributed by atoms with E-state index in [0.29, 0.717) is 12.0 Å². The van der Waals surface area contributed by atoms with Gasteiger partial charge in [-0.05, 0) is 42.7 Å². The normalized spacial score (nSPS) is 11.6. The summed E-state index contributed by atoms with van der Waals surface area (Å²) in [5.41, 5.74) is 1.37. The lowest BCUT2D eigenvalue weighted by Gasteiger charge is -2.24. The number of rotatable bonds is 7. The van der Waals surface area contributed by atoms with Gasteiger partial charge in [-0.2, -0.15) is 11.8 Å². The van der Waals surface area contributed by atoms with Crippen LogP contribution in [0.3, 0.4) is 0 Å². The van der Waals surface area contributed by atoms with Crippen LogP contribution in [0.1, 0.15) is 16.8 Å². The Morgan fingerprint density at radius 3 is 2.21 bits per heavy atom. The molecule has 0 fully saturated rings. The van der Waals surface area contributed by atoms with Crippen LogP contribution < -0.4 is 10.2 Å². The highest BCUT2D eigenvalue weighted by molar-refractivity contribution is 7.98. The fourth-order valence-electron chi connectivity index (χ4n) is 2.34. The third-order valence-electron chi connectivity index (χ3n) is 3.72. The zero-order valence-corrected chi connectivity index (χ0v) is 14.8. The van der Waals surface area contributed by atoms with E-state index in [9.17, 15) is 9.59 Å². The first-order valence-corrected chi connectivity index (χ1v) is 9.20. The second-order valence-corrected chi connectivity index (χ2v) is 6.39. The molecule has 2 aromatic carbocycles. The number of para-hydroxylation sites is 1. The number of anilines is 1. The zero-order chi connectivity index (χ0) is 17.4. The van der Waals surface area contributed by atoms with Gasteiger partial charge < -0.3 is 10.2 Å². The lowest BCUT2D eigenvalue weighted by atomic mass is 10.1. The van der Waals surface area contributed by atoms with Gasteiger partial charge in [0.2, 0.25) is 5.91 Å². The van der Waals surface area contributed by atoms with Crippen LogP contribution in [0.4, 0.5) is 5.69 Å². The molecule has 24 heavy (non-hydrogen) atoms. The Morgan fingerprint density at radius 1 is 1.04 bits per heavy atom. The molecule has 4 nitrogen and oxygen atoms in total. The maximum Gasteiger partial charge on any atom is 0.251 e. The van der Waals surface area contributed by atoms with Gasteiger partial charge in [0.1, 0.15) is 6.04 Å². The van der Waals surface area contributed by atoms with Gasteiger partial charge in [-0.3, -0.25) is 9.59 Å². The summed E-state index contributed by atoms with van der Waals surface area (Å²) in [7, 11) is 1.73. The Labute approximate surface area is 147 Å².